The second-order valence-corrected chi connectivity index (χ2v) is 5.84. The number of nitrogens with one attached hydrogen (secondary N) is 1. The average Bonchev–Trinajstić information content (AvgIpc) is 2.49. The second kappa shape index (κ2) is 7.24. The van der Waals surface area contributed by atoms with Crippen molar-refractivity contribution >= 4 is 11.9 Å². The Kier molecular flexibility index (Phi) is 5.35. The first-order valence-corrected chi connectivity index (χ1v) is 7.68. The van der Waals surface area contributed by atoms with E-state index < -0.39 is 12.1 Å². The van der Waals surface area contributed by atoms with Crippen molar-refractivity contribution in [3.05, 3.63) is 35.3 Å². The highest BCUT2D eigenvalue weighted by molar-refractivity contribution is 5.89. The van der Waals surface area contributed by atoms with Crippen LogP contribution in [0.15, 0.2) is 24.4 Å². The summed E-state index contributed by atoms with van der Waals surface area (Å²) in [6.45, 7) is 3.63. The van der Waals surface area contributed by atoms with Gasteiger partial charge in [0.15, 0.2) is 12.3 Å². The van der Waals surface area contributed by atoms with Crippen LogP contribution in [-0.4, -0.2) is 24.0 Å². The topological polar surface area (TPSA) is 82.3 Å². The second-order valence-electron chi connectivity index (χ2n) is 5.84. The van der Waals surface area contributed by atoms with Gasteiger partial charge in [0.2, 0.25) is 0 Å². The summed E-state index contributed by atoms with van der Waals surface area (Å²) in [6.07, 6.45) is 4.62. The Hall–Kier alpha value is -2.11. The van der Waals surface area contributed by atoms with Crippen molar-refractivity contribution in [2.24, 2.45) is 5.92 Å². The van der Waals surface area contributed by atoms with Crippen molar-refractivity contribution in [3.8, 4) is 0 Å². The number of nitrogens with zero attached hydrogens (tertiary/aromatic N) is 1. The SMILES string of the molecule is C[C@@H](OC(=O)c1cccc[n+]1[O-])C(=O)N[C@H]1CCCC[C@@H]1C. The number of amides is 1. The van der Waals surface area contributed by atoms with Gasteiger partial charge in [0.25, 0.3) is 5.91 Å². The minimum Gasteiger partial charge on any atom is -0.618 e. The molecule has 0 spiro atoms. The molecule has 1 aromatic heterocycles. The van der Waals surface area contributed by atoms with Gasteiger partial charge in [-0.05, 0) is 31.7 Å². The quantitative estimate of drug-likeness (QED) is 0.520. The van der Waals surface area contributed by atoms with Crippen LogP contribution >= 0.6 is 0 Å². The van der Waals surface area contributed by atoms with Crippen molar-refractivity contribution in [1.29, 1.82) is 0 Å². The minimum atomic E-state index is -0.929. The fourth-order valence-corrected chi connectivity index (χ4v) is 2.69. The normalized spacial score (nSPS) is 22.6. The van der Waals surface area contributed by atoms with Gasteiger partial charge in [-0.25, -0.2) is 4.79 Å². The van der Waals surface area contributed by atoms with Gasteiger partial charge in [-0.15, -0.1) is 0 Å². The van der Waals surface area contributed by atoms with Crippen LogP contribution in [0.2, 0.25) is 0 Å². The Morgan fingerprint density at radius 2 is 2.09 bits per heavy atom. The van der Waals surface area contributed by atoms with Gasteiger partial charge in [0.1, 0.15) is 0 Å². The van der Waals surface area contributed by atoms with Crippen LogP contribution < -0.4 is 10.0 Å². The molecule has 1 aromatic rings. The third-order valence-corrected chi connectivity index (χ3v) is 4.13. The standard InChI is InChI=1S/C16H22N2O4/c1-11-7-3-4-8-13(11)17-15(19)12(2)22-16(20)14-9-5-6-10-18(14)21/h5-6,9-13H,3-4,7-8H2,1-2H3,(H,17,19)/t11-,12+,13-/m0/s1. The van der Waals surface area contributed by atoms with E-state index in [9.17, 15) is 14.8 Å². The zero-order valence-corrected chi connectivity index (χ0v) is 13.0. The molecule has 1 aliphatic carbocycles. The van der Waals surface area contributed by atoms with E-state index in [1.807, 2.05) is 0 Å². The number of ether oxygens (including phenoxy) is 1. The minimum absolute atomic E-state index is 0.128. The smallest absolute Gasteiger partial charge is 0.405 e. The average molecular weight is 306 g/mol. The molecule has 1 saturated carbocycles. The highest BCUT2D eigenvalue weighted by Crippen LogP contribution is 2.23. The van der Waals surface area contributed by atoms with E-state index in [0.29, 0.717) is 10.6 Å². The Labute approximate surface area is 130 Å². The summed E-state index contributed by atoms with van der Waals surface area (Å²) in [5.41, 5.74) is -0.131. The van der Waals surface area contributed by atoms with Gasteiger partial charge in [-0.3, -0.25) is 4.79 Å². The van der Waals surface area contributed by atoms with Crippen LogP contribution in [0.4, 0.5) is 0 Å². The molecule has 3 atom stereocenters. The van der Waals surface area contributed by atoms with E-state index in [0.717, 1.165) is 19.3 Å². The lowest BCUT2D eigenvalue weighted by molar-refractivity contribution is -0.608. The number of rotatable bonds is 4. The van der Waals surface area contributed by atoms with E-state index >= 15 is 0 Å². The van der Waals surface area contributed by atoms with Crippen molar-refractivity contribution < 1.29 is 19.1 Å². The molecule has 120 valence electrons. The Bertz CT molecular complexity index is 547. The number of hydrogen-bond donors (Lipinski definition) is 1. The number of carbonyl (C=O) groups excluding carboxylic acids is 2. The van der Waals surface area contributed by atoms with Crippen molar-refractivity contribution in [2.45, 2.75) is 51.7 Å². The van der Waals surface area contributed by atoms with Gasteiger partial charge in [-0.2, -0.15) is 4.73 Å². The summed E-state index contributed by atoms with van der Waals surface area (Å²) in [5, 5.41) is 14.4. The first-order chi connectivity index (χ1) is 10.5. The monoisotopic (exact) mass is 306 g/mol. The van der Waals surface area contributed by atoms with E-state index in [2.05, 4.69) is 12.2 Å². The van der Waals surface area contributed by atoms with E-state index in [1.165, 1.54) is 31.7 Å². The van der Waals surface area contributed by atoms with E-state index in [-0.39, 0.29) is 17.6 Å². The first-order valence-electron chi connectivity index (χ1n) is 7.68. The summed E-state index contributed by atoms with van der Waals surface area (Å²) in [4.78, 5) is 24.0. The van der Waals surface area contributed by atoms with Crippen molar-refractivity contribution in [1.82, 2.24) is 5.32 Å². The molecular formula is C16H22N2O4. The fourth-order valence-electron chi connectivity index (χ4n) is 2.69. The maximum Gasteiger partial charge on any atom is 0.405 e. The Morgan fingerprint density at radius 3 is 2.77 bits per heavy atom. The van der Waals surface area contributed by atoms with Crippen LogP contribution in [0.25, 0.3) is 0 Å². The molecule has 1 N–H and O–H groups in total. The van der Waals surface area contributed by atoms with Gasteiger partial charge < -0.3 is 15.3 Å². The van der Waals surface area contributed by atoms with Crippen LogP contribution in [0.3, 0.4) is 0 Å². The molecule has 0 unspecified atom stereocenters. The maximum absolute atomic E-state index is 12.1. The molecule has 1 amide bonds. The third kappa shape index (κ3) is 3.96. The molecule has 2 rings (SSSR count). The highest BCUT2D eigenvalue weighted by Gasteiger charge is 2.28. The fraction of sp³-hybridized carbons (Fsp3) is 0.562. The Balaban J connectivity index is 1.91. The molecule has 0 radical (unpaired) electrons. The molecule has 0 saturated heterocycles. The molecule has 22 heavy (non-hydrogen) atoms. The largest absolute Gasteiger partial charge is 0.618 e. The van der Waals surface area contributed by atoms with Gasteiger partial charge in [-0.1, -0.05) is 19.8 Å². The van der Waals surface area contributed by atoms with Crippen molar-refractivity contribution in [2.75, 3.05) is 0 Å². The first kappa shape index (κ1) is 16.3. The van der Waals surface area contributed by atoms with Crippen LogP contribution in [0.5, 0.6) is 0 Å². The molecule has 0 aromatic carbocycles. The lowest BCUT2D eigenvalue weighted by atomic mass is 9.86. The predicted molar refractivity (Wildman–Crippen MR) is 79.8 cm³/mol. The molecule has 0 bridgehead atoms. The summed E-state index contributed by atoms with van der Waals surface area (Å²) >= 11 is 0. The van der Waals surface area contributed by atoms with E-state index in [4.69, 9.17) is 4.74 Å². The number of carbonyl (C=O) groups is 2. The number of aromatic nitrogens is 1. The predicted octanol–water partition coefficient (Wildman–Crippen LogP) is 1.56. The van der Waals surface area contributed by atoms with Crippen molar-refractivity contribution in [3.63, 3.8) is 0 Å². The highest BCUT2D eigenvalue weighted by atomic mass is 16.6. The molecule has 6 nitrogen and oxygen atoms in total. The maximum atomic E-state index is 12.1. The molecule has 1 aliphatic rings. The summed E-state index contributed by atoms with van der Waals surface area (Å²) in [6, 6.07) is 4.58. The Morgan fingerprint density at radius 1 is 1.36 bits per heavy atom. The summed E-state index contributed by atoms with van der Waals surface area (Å²) < 4.78 is 5.51. The number of pyridine rings is 1. The number of esters is 1. The van der Waals surface area contributed by atoms with Gasteiger partial charge in [0, 0.05) is 18.2 Å². The lowest BCUT2D eigenvalue weighted by Crippen LogP contribution is -2.46. The molecular weight excluding hydrogens is 284 g/mol. The van der Waals surface area contributed by atoms with Gasteiger partial charge in [0.05, 0.1) is 0 Å². The third-order valence-electron chi connectivity index (χ3n) is 4.13. The molecule has 1 heterocycles. The molecule has 1 fully saturated rings. The summed E-state index contributed by atoms with van der Waals surface area (Å²) in [7, 11) is 0. The zero-order valence-electron chi connectivity index (χ0n) is 13.0. The lowest BCUT2D eigenvalue weighted by Gasteiger charge is -2.30. The molecule has 6 heteroatoms. The van der Waals surface area contributed by atoms with Crippen LogP contribution in [0.1, 0.15) is 50.0 Å². The zero-order chi connectivity index (χ0) is 16.1. The van der Waals surface area contributed by atoms with Gasteiger partial charge >= 0.3 is 11.7 Å². The van der Waals surface area contributed by atoms with Crippen LogP contribution in [0, 0.1) is 11.1 Å². The molecule has 0 aliphatic heterocycles. The van der Waals surface area contributed by atoms with E-state index in [1.54, 1.807) is 6.07 Å². The number of hydrogen-bond acceptors (Lipinski definition) is 4. The summed E-state index contributed by atoms with van der Waals surface area (Å²) in [5.74, 6) is -0.686. The van der Waals surface area contributed by atoms with Crippen LogP contribution in [-0.2, 0) is 9.53 Å².